The molecular formula is C16H15NO4S. The van der Waals surface area contributed by atoms with Gasteiger partial charge in [-0.25, -0.2) is 13.2 Å². The van der Waals surface area contributed by atoms with Gasteiger partial charge in [-0.1, -0.05) is 29.8 Å². The molecular weight excluding hydrogens is 302 g/mol. The molecule has 0 amide bonds. The van der Waals surface area contributed by atoms with Crippen molar-refractivity contribution in [1.29, 1.82) is 0 Å². The zero-order chi connectivity index (χ0) is 16.2. The lowest BCUT2D eigenvalue weighted by molar-refractivity contribution is -0.131. The molecule has 0 radical (unpaired) electrons. The summed E-state index contributed by atoms with van der Waals surface area (Å²) in [7, 11) is -3.63. The summed E-state index contributed by atoms with van der Waals surface area (Å²) >= 11 is 0. The fourth-order valence-corrected chi connectivity index (χ4v) is 2.82. The highest BCUT2D eigenvalue weighted by Gasteiger charge is 2.13. The van der Waals surface area contributed by atoms with Crippen molar-refractivity contribution in [2.45, 2.75) is 11.8 Å². The molecule has 6 heteroatoms. The fraction of sp³-hybridized carbons (Fsp3) is 0.0625. The minimum absolute atomic E-state index is 0.188. The van der Waals surface area contributed by atoms with Crippen molar-refractivity contribution in [3.05, 3.63) is 65.7 Å². The van der Waals surface area contributed by atoms with Gasteiger partial charge in [0, 0.05) is 11.8 Å². The summed E-state index contributed by atoms with van der Waals surface area (Å²) in [5, 5.41) is 8.55. The van der Waals surface area contributed by atoms with E-state index < -0.39 is 16.0 Å². The van der Waals surface area contributed by atoms with Gasteiger partial charge in [0.05, 0.1) is 4.90 Å². The lowest BCUT2D eigenvalue weighted by atomic mass is 10.2. The molecule has 0 aromatic heterocycles. The van der Waals surface area contributed by atoms with Crippen LogP contribution in [0.1, 0.15) is 11.1 Å². The number of hydrogen-bond acceptors (Lipinski definition) is 3. The first-order valence-corrected chi connectivity index (χ1v) is 7.96. The van der Waals surface area contributed by atoms with Crippen LogP contribution in [-0.2, 0) is 14.8 Å². The van der Waals surface area contributed by atoms with Crippen LogP contribution in [0.15, 0.2) is 59.5 Å². The Kier molecular flexibility index (Phi) is 4.62. The van der Waals surface area contributed by atoms with Gasteiger partial charge < -0.3 is 5.11 Å². The summed E-state index contributed by atoms with van der Waals surface area (Å²) < 4.78 is 26.9. The summed E-state index contributed by atoms with van der Waals surface area (Å²) in [6.45, 7) is 1.88. The summed E-state index contributed by atoms with van der Waals surface area (Å²) in [5.74, 6) is -1.04. The Morgan fingerprint density at radius 2 is 1.64 bits per heavy atom. The van der Waals surface area contributed by atoms with E-state index in [9.17, 15) is 13.2 Å². The molecule has 2 aromatic carbocycles. The largest absolute Gasteiger partial charge is 0.478 e. The Labute approximate surface area is 129 Å². The number of aliphatic carboxylic acids is 1. The van der Waals surface area contributed by atoms with E-state index in [4.69, 9.17) is 5.11 Å². The van der Waals surface area contributed by atoms with E-state index in [0.29, 0.717) is 11.3 Å². The second-order valence-electron chi connectivity index (χ2n) is 4.71. The molecule has 0 bridgehead atoms. The molecule has 5 nitrogen and oxygen atoms in total. The predicted octanol–water partition coefficient (Wildman–Crippen LogP) is 2.89. The van der Waals surface area contributed by atoms with Crippen molar-refractivity contribution in [3.8, 4) is 0 Å². The number of nitrogens with one attached hydrogen (secondary N) is 1. The fourth-order valence-electron chi connectivity index (χ4n) is 1.76. The quantitative estimate of drug-likeness (QED) is 0.831. The molecule has 0 aliphatic carbocycles. The number of sulfonamides is 1. The first-order valence-electron chi connectivity index (χ1n) is 6.47. The average molecular weight is 317 g/mol. The van der Waals surface area contributed by atoms with E-state index in [-0.39, 0.29) is 4.90 Å². The van der Waals surface area contributed by atoms with Crippen molar-refractivity contribution in [2.24, 2.45) is 0 Å². The Morgan fingerprint density at radius 3 is 2.18 bits per heavy atom. The van der Waals surface area contributed by atoms with Gasteiger partial charge in [-0.05, 0) is 42.8 Å². The highest BCUT2D eigenvalue weighted by molar-refractivity contribution is 7.92. The van der Waals surface area contributed by atoms with Crippen LogP contribution < -0.4 is 4.72 Å². The summed E-state index contributed by atoms with van der Waals surface area (Å²) in [6, 6.07) is 13.0. The molecule has 2 aromatic rings. The number of rotatable bonds is 5. The van der Waals surface area contributed by atoms with Crippen molar-refractivity contribution in [1.82, 2.24) is 0 Å². The maximum atomic E-state index is 12.2. The maximum Gasteiger partial charge on any atom is 0.328 e. The second kappa shape index (κ2) is 6.44. The van der Waals surface area contributed by atoms with E-state index in [2.05, 4.69) is 4.72 Å². The zero-order valence-corrected chi connectivity index (χ0v) is 12.7. The predicted molar refractivity (Wildman–Crippen MR) is 85.1 cm³/mol. The molecule has 2 rings (SSSR count). The number of carbonyl (C=O) groups is 1. The second-order valence-corrected chi connectivity index (χ2v) is 6.39. The van der Waals surface area contributed by atoms with Gasteiger partial charge in [-0.15, -0.1) is 0 Å². The molecule has 0 unspecified atom stereocenters. The van der Waals surface area contributed by atoms with Crippen LogP contribution in [0, 0.1) is 6.92 Å². The Morgan fingerprint density at radius 1 is 1.05 bits per heavy atom. The third kappa shape index (κ3) is 4.20. The van der Waals surface area contributed by atoms with Crippen LogP contribution in [0.5, 0.6) is 0 Å². The molecule has 0 heterocycles. The van der Waals surface area contributed by atoms with Crippen LogP contribution >= 0.6 is 0 Å². The standard InChI is InChI=1S/C16H15NO4S/c1-12-2-9-15(10-3-12)22(20,21)17-14-7-4-13(5-8-14)6-11-16(18)19/h2-11,17H,1H3,(H,18,19)/b11-6+. The first kappa shape index (κ1) is 15.8. The van der Waals surface area contributed by atoms with Crippen LogP contribution in [-0.4, -0.2) is 19.5 Å². The van der Waals surface area contributed by atoms with E-state index in [1.165, 1.54) is 6.08 Å². The molecule has 0 saturated carbocycles. The van der Waals surface area contributed by atoms with Gasteiger partial charge in [-0.2, -0.15) is 0 Å². The van der Waals surface area contributed by atoms with Gasteiger partial charge in [0.2, 0.25) is 0 Å². The molecule has 0 atom stereocenters. The zero-order valence-electron chi connectivity index (χ0n) is 11.9. The highest BCUT2D eigenvalue weighted by Crippen LogP contribution is 2.17. The topological polar surface area (TPSA) is 83.5 Å². The maximum absolute atomic E-state index is 12.2. The van der Waals surface area contributed by atoms with Gasteiger partial charge >= 0.3 is 5.97 Å². The third-order valence-electron chi connectivity index (χ3n) is 2.91. The Bertz CT molecular complexity index is 791. The number of carboxylic acid groups (broad SMARTS) is 1. The number of carboxylic acids is 1. The normalized spacial score (nSPS) is 11.5. The summed E-state index contributed by atoms with van der Waals surface area (Å²) in [5.41, 5.74) is 2.06. The van der Waals surface area contributed by atoms with Crippen LogP contribution in [0.2, 0.25) is 0 Å². The molecule has 0 aliphatic heterocycles. The van der Waals surface area contributed by atoms with Gasteiger partial charge in [-0.3, -0.25) is 4.72 Å². The third-order valence-corrected chi connectivity index (χ3v) is 4.31. The summed E-state index contributed by atoms with van der Waals surface area (Å²) in [4.78, 5) is 10.6. The number of aryl methyl sites for hydroxylation is 1. The van der Waals surface area contributed by atoms with Crippen LogP contribution in [0.3, 0.4) is 0 Å². The van der Waals surface area contributed by atoms with Crippen LogP contribution in [0.25, 0.3) is 6.08 Å². The number of benzene rings is 2. The van der Waals surface area contributed by atoms with Crippen molar-refractivity contribution >= 4 is 27.8 Å². The highest BCUT2D eigenvalue weighted by atomic mass is 32.2. The number of anilines is 1. The smallest absolute Gasteiger partial charge is 0.328 e. The van der Waals surface area contributed by atoms with E-state index in [1.807, 2.05) is 6.92 Å². The van der Waals surface area contributed by atoms with Gasteiger partial charge in [0.15, 0.2) is 0 Å². The van der Waals surface area contributed by atoms with Crippen molar-refractivity contribution in [3.63, 3.8) is 0 Å². The van der Waals surface area contributed by atoms with E-state index in [1.54, 1.807) is 48.5 Å². The van der Waals surface area contributed by atoms with Gasteiger partial charge in [0.25, 0.3) is 10.0 Å². The summed E-state index contributed by atoms with van der Waals surface area (Å²) in [6.07, 6.45) is 2.45. The molecule has 0 fully saturated rings. The number of hydrogen-bond donors (Lipinski definition) is 2. The average Bonchev–Trinajstić information content (AvgIpc) is 2.46. The molecule has 22 heavy (non-hydrogen) atoms. The molecule has 0 spiro atoms. The van der Waals surface area contributed by atoms with Crippen molar-refractivity contribution < 1.29 is 18.3 Å². The monoisotopic (exact) mass is 317 g/mol. The lowest BCUT2D eigenvalue weighted by Crippen LogP contribution is -2.12. The van der Waals surface area contributed by atoms with E-state index >= 15 is 0 Å². The Balaban J connectivity index is 2.16. The SMILES string of the molecule is Cc1ccc(S(=O)(=O)Nc2ccc(/C=C/C(=O)O)cc2)cc1. The Hall–Kier alpha value is -2.60. The molecule has 2 N–H and O–H groups in total. The van der Waals surface area contributed by atoms with Gasteiger partial charge in [0.1, 0.15) is 0 Å². The lowest BCUT2D eigenvalue weighted by Gasteiger charge is -2.08. The van der Waals surface area contributed by atoms with E-state index in [0.717, 1.165) is 11.6 Å². The minimum Gasteiger partial charge on any atom is -0.478 e. The molecule has 0 saturated heterocycles. The molecule has 0 aliphatic rings. The first-order chi connectivity index (χ1) is 10.4. The minimum atomic E-state index is -3.63. The van der Waals surface area contributed by atoms with Crippen molar-refractivity contribution in [2.75, 3.05) is 4.72 Å². The van der Waals surface area contributed by atoms with Crippen LogP contribution in [0.4, 0.5) is 5.69 Å². The molecule has 114 valence electrons.